The van der Waals surface area contributed by atoms with E-state index in [1.165, 1.54) is 19.2 Å². The molecule has 0 aliphatic rings. The van der Waals surface area contributed by atoms with Crippen LogP contribution in [0.4, 0.5) is 0 Å². The third kappa shape index (κ3) is 3.66. The number of hydrogen-bond acceptors (Lipinski definition) is 6. The molecule has 0 heterocycles. The Hall–Kier alpha value is -1.64. The number of benzene rings is 1. The van der Waals surface area contributed by atoms with Crippen LogP contribution in [0.2, 0.25) is 0 Å². The Kier molecular flexibility index (Phi) is 4.87. The predicted octanol–water partition coefficient (Wildman–Crippen LogP) is -0.480. The molecule has 1 unspecified atom stereocenters. The first kappa shape index (κ1) is 15.4. The molecule has 0 aliphatic heterocycles. The number of sulfone groups is 1. The second-order valence-electron chi connectivity index (χ2n) is 3.79. The number of rotatable bonds is 6. The van der Waals surface area contributed by atoms with E-state index in [4.69, 9.17) is 20.1 Å². The molecule has 0 bridgehead atoms. The molecule has 7 nitrogen and oxygen atoms in total. The maximum Gasteiger partial charge on any atom is 0.339 e. The summed E-state index contributed by atoms with van der Waals surface area (Å²) in [5.74, 6) is -1.97. The number of aromatic carboxylic acids is 1. The SMILES string of the molecule is COc1ccc(S(=O)(=O)CC(O)CO)cc1C(=O)O. The number of ether oxygens (including phenoxy) is 1. The monoisotopic (exact) mass is 290 g/mol. The maximum atomic E-state index is 11.9. The number of aliphatic hydroxyl groups excluding tert-OH is 2. The van der Waals surface area contributed by atoms with Gasteiger partial charge in [0.25, 0.3) is 0 Å². The van der Waals surface area contributed by atoms with Crippen molar-refractivity contribution in [1.82, 2.24) is 0 Å². The lowest BCUT2D eigenvalue weighted by atomic mass is 10.2. The Balaban J connectivity index is 3.22. The molecule has 1 aromatic rings. The fourth-order valence-corrected chi connectivity index (χ4v) is 2.83. The number of carboxylic acid groups (broad SMARTS) is 1. The Morgan fingerprint density at radius 3 is 2.53 bits per heavy atom. The molecule has 0 aromatic heterocycles. The van der Waals surface area contributed by atoms with Gasteiger partial charge < -0.3 is 20.1 Å². The predicted molar refractivity (Wildman–Crippen MR) is 65.1 cm³/mol. The van der Waals surface area contributed by atoms with Gasteiger partial charge in [-0.25, -0.2) is 13.2 Å². The van der Waals surface area contributed by atoms with Crippen LogP contribution in [0.15, 0.2) is 23.1 Å². The van der Waals surface area contributed by atoms with Gasteiger partial charge in [0.15, 0.2) is 9.84 Å². The average molecular weight is 290 g/mol. The lowest BCUT2D eigenvalue weighted by Crippen LogP contribution is -2.24. The Morgan fingerprint density at radius 2 is 2.05 bits per heavy atom. The molecule has 0 amide bonds. The molecule has 1 aromatic carbocycles. The van der Waals surface area contributed by atoms with Gasteiger partial charge in [-0.15, -0.1) is 0 Å². The van der Waals surface area contributed by atoms with Crippen LogP contribution in [0, 0.1) is 0 Å². The minimum absolute atomic E-state index is 0.0363. The first-order chi connectivity index (χ1) is 8.81. The summed E-state index contributed by atoms with van der Waals surface area (Å²) >= 11 is 0. The first-order valence-corrected chi connectivity index (χ1v) is 6.90. The van der Waals surface area contributed by atoms with Crippen molar-refractivity contribution >= 4 is 15.8 Å². The van der Waals surface area contributed by atoms with Gasteiger partial charge in [0.1, 0.15) is 11.3 Å². The van der Waals surface area contributed by atoms with Crippen molar-refractivity contribution in [3.63, 3.8) is 0 Å². The number of carbonyl (C=O) groups is 1. The van der Waals surface area contributed by atoms with Crippen LogP contribution >= 0.6 is 0 Å². The minimum atomic E-state index is -3.88. The van der Waals surface area contributed by atoms with E-state index in [0.717, 1.165) is 6.07 Å². The van der Waals surface area contributed by atoms with E-state index >= 15 is 0 Å². The van der Waals surface area contributed by atoms with Crippen molar-refractivity contribution in [2.24, 2.45) is 0 Å². The highest BCUT2D eigenvalue weighted by molar-refractivity contribution is 7.91. The van der Waals surface area contributed by atoms with Gasteiger partial charge in [0, 0.05) is 0 Å². The third-order valence-corrected chi connectivity index (χ3v) is 4.18. The van der Waals surface area contributed by atoms with Gasteiger partial charge in [-0.05, 0) is 18.2 Å². The molecule has 0 fully saturated rings. The van der Waals surface area contributed by atoms with Gasteiger partial charge in [-0.1, -0.05) is 0 Å². The summed E-state index contributed by atoms with van der Waals surface area (Å²) in [5.41, 5.74) is -0.290. The van der Waals surface area contributed by atoms with Gasteiger partial charge >= 0.3 is 5.97 Å². The quantitative estimate of drug-likeness (QED) is 0.647. The van der Waals surface area contributed by atoms with Gasteiger partial charge in [-0.2, -0.15) is 0 Å². The van der Waals surface area contributed by atoms with Crippen LogP contribution in [0.3, 0.4) is 0 Å². The third-order valence-electron chi connectivity index (χ3n) is 2.38. The molecule has 19 heavy (non-hydrogen) atoms. The van der Waals surface area contributed by atoms with E-state index in [2.05, 4.69) is 0 Å². The van der Waals surface area contributed by atoms with Crippen molar-refractivity contribution in [3.8, 4) is 5.75 Å². The smallest absolute Gasteiger partial charge is 0.339 e. The summed E-state index contributed by atoms with van der Waals surface area (Å²) in [6.07, 6.45) is -1.42. The molecule has 0 radical (unpaired) electrons. The average Bonchev–Trinajstić information content (AvgIpc) is 2.37. The second-order valence-corrected chi connectivity index (χ2v) is 5.82. The molecule has 106 valence electrons. The number of aliphatic hydroxyl groups is 2. The molecule has 3 N–H and O–H groups in total. The van der Waals surface area contributed by atoms with Crippen molar-refractivity contribution in [2.75, 3.05) is 19.5 Å². The van der Waals surface area contributed by atoms with Crippen LogP contribution < -0.4 is 4.74 Å². The molecule has 0 saturated heterocycles. The minimum Gasteiger partial charge on any atom is -0.496 e. The molecular weight excluding hydrogens is 276 g/mol. The first-order valence-electron chi connectivity index (χ1n) is 5.25. The number of methoxy groups -OCH3 is 1. The lowest BCUT2D eigenvalue weighted by molar-refractivity contribution is 0.0693. The number of hydrogen-bond donors (Lipinski definition) is 3. The standard InChI is InChI=1S/C11H14O7S/c1-18-10-3-2-8(4-9(10)11(14)15)19(16,17)6-7(13)5-12/h2-4,7,12-13H,5-6H2,1H3,(H,14,15). The summed E-state index contributed by atoms with van der Waals surface area (Å²) in [7, 11) is -2.61. The van der Waals surface area contributed by atoms with Crippen molar-refractivity contribution in [1.29, 1.82) is 0 Å². The zero-order chi connectivity index (χ0) is 14.6. The molecule has 0 spiro atoms. The van der Waals surface area contributed by atoms with E-state index in [1.54, 1.807) is 0 Å². The fourth-order valence-electron chi connectivity index (χ4n) is 1.45. The van der Waals surface area contributed by atoms with E-state index in [1.807, 2.05) is 0 Å². The van der Waals surface area contributed by atoms with Crippen LogP contribution in [0.25, 0.3) is 0 Å². The van der Waals surface area contributed by atoms with E-state index in [0.29, 0.717) is 0 Å². The van der Waals surface area contributed by atoms with Crippen LogP contribution in [0.1, 0.15) is 10.4 Å². The van der Waals surface area contributed by atoms with Crippen LogP contribution in [-0.2, 0) is 9.84 Å². The Bertz CT molecular complexity index is 564. The molecule has 0 aliphatic carbocycles. The summed E-state index contributed by atoms with van der Waals surface area (Å²) in [6, 6.07) is 3.37. The number of carboxylic acids is 1. The topological polar surface area (TPSA) is 121 Å². The second kappa shape index (κ2) is 6.00. The molecule has 0 saturated carbocycles. The van der Waals surface area contributed by atoms with Gasteiger partial charge in [0.05, 0.1) is 30.5 Å². The normalized spacial score (nSPS) is 13.0. The largest absolute Gasteiger partial charge is 0.496 e. The highest BCUT2D eigenvalue weighted by Gasteiger charge is 2.22. The van der Waals surface area contributed by atoms with Crippen molar-refractivity contribution in [2.45, 2.75) is 11.0 Å². The Labute approximate surface area is 110 Å². The molecule has 8 heteroatoms. The summed E-state index contributed by atoms with van der Waals surface area (Å²) in [6.45, 7) is -0.693. The zero-order valence-corrected chi connectivity index (χ0v) is 10.9. The van der Waals surface area contributed by atoms with Crippen molar-refractivity contribution < 1.29 is 33.3 Å². The van der Waals surface area contributed by atoms with E-state index in [-0.39, 0.29) is 16.2 Å². The fraction of sp³-hybridized carbons (Fsp3) is 0.364. The molecule has 1 atom stereocenters. The lowest BCUT2D eigenvalue weighted by Gasteiger charge is -2.10. The van der Waals surface area contributed by atoms with Crippen molar-refractivity contribution in [3.05, 3.63) is 23.8 Å². The Morgan fingerprint density at radius 1 is 1.42 bits per heavy atom. The summed E-state index contributed by atoms with van der Waals surface area (Å²) in [5, 5.41) is 26.8. The van der Waals surface area contributed by atoms with Crippen LogP contribution in [0.5, 0.6) is 5.75 Å². The summed E-state index contributed by atoms with van der Waals surface area (Å²) < 4.78 is 28.6. The molecular formula is C11H14O7S. The van der Waals surface area contributed by atoms with E-state index in [9.17, 15) is 13.2 Å². The molecule has 1 rings (SSSR count). The van der Waals surface area contributed by atoms with Crippen LogP contribution in [-0.4, -0.2) is 55.3 Å². The summed E-state index contributed by atoms with van der Waals surface area (Å²) in [4.78, 5) is 10.7. The van der Waals surface area contributed by atoms with Gasteiger partial charge in [0.2, 0.25) is 0 Å². The van der Waals surface area contributed by atoms with Gasteiger partial charge in [-0.3, -0.25) is 0 Å². The highest BCUT2D eigenvalue weighted by atomic mass is 32.2. The van der Waals surface area contributed by atoms with E-state index < -0.39 is 34.3 Å². The maximum absolute atomic E-state index is 11.9. The zero-order valence-electron chi connectivity index (χ0n) is 10.1. The highest BCUT2D eigenvalue weighted by Crippen LogP contribution is 2.23.